The van der Waals surface area contributed by atoms with Gasteiger partial charge in [-0.25, -0.2) is 8.42 Å². The Balaban J connectivity index is 2.04. The number of fused-ring (bicyclic) bond motifs is 1. The number of methoxy groups -OCH3 is 1. The van der Waals surface area contributed by atoms with Crippen molar-refractivity contribution in [1.29, 1.82) is 0 Å². The maximum Gasteiger partial charge on any atom is 0.244 e. The van der Waals surface area contributed by atoms with E-state index in [9.17, 15) is 8.42 Å². The molecular weight excluding hydrogens is 342 g/mol. The van der Waals surface area contributed by atoms with Crippen molar-refractivity contribution in [3.63, 3.8) is 0 Å². The average Bonchev–Trinajstić information content (AvgIpc) is 2.66. The number of benzene rings is 2. The van der Waals surface area contributed by atoms with Gasteiger partial charge in [-0.1, -0.05) is 29.4 Å². The molecule has 0 unspecified atom stereocenters. The van der Waals surface area contributed by atoms with Crippen LogP contribution >= 0.6 is 0 Å². The van der Waals surface area contributed by atoms with Crippen LogP contribution in [0.5, 0.6) is 5.75 Å². The van der Waals surface area contributed by atoms with E-state index in [0.29, 0.717) is 12.2 Å². The molecule has 8 heteroatoms. The van der Waals surface area contributed by atoms with Gasteiger partial charge in [0.2, 0.25) is 10.0 Å². The molecule has 132 valence electrons. The van der Waals surface area contributed by atoms with Gasteiger partial charge in [-0.2, -0.15) is 4.31 Å². The van der Waals surface area contributed by atoms with Gasteiger partial charge in [-0.15, -0.1) is 0 Å². The fourth-order valence-corrected chi connectivity index (χ4v) is 4.53. The predicted molar refractivity (Wildman–Crippen MR) is 93.1 cm³/mol. The molecule has 0 radical (unpaired) electrons. The van der Waals surface area contributed by atoms with Gasteiger partial charge in [0.1, 0.15) is 5.75 Å². The summed E-state index contributed by atoms with van der Waals surface area (Å²) in [5.41, 5.74) is 7.68. The summed E-state index contributed by atoms with van der Waals surface area (Å²) in [6, 6.07) is 12.9. The van der Waals surface area contributed by atoms with Crippen LogP contribution in [0, 0.1) is 0 Å². The lowest BCUT2D eigenvalue weighted by molar-refractivity contribution is 0.299. The van der Waals surface area contributed by atoms with E-state index >= 15 is 0 Å². The van der Waals surface area contributed by atoms with Crippen molar-refractivity contribution in [2.24, 2.45) is 10.9 Å². The summed E-state index contributed by atoms with van der Waals surface area (Å²) in [6.07, 6.45) is 0.349. The lowest BCUT2D eigenvalue weighted by Crippen LogP contribution is -2.51. The molecule has 2 aromatic carbocycles. The second-order valence-corrected chi connectivity index (χ2v) is 7.63. The van der Waals surface area contributed by atoms with E-state index < -0.39 is 16.1 Å². The summed E-state index contributed by atoms with van der Waals surface area (Å²) in [6.45, 7) is 0.158. The molecule has 0 fully saturated rings. The summed E-state index contributed by atoms with van der Waals surface area (Å²) in [7, 11) is -2.31. The lowest BCUT2D eigenvalue weighted by atomic mass is 9.95. The second kappa shape index (κ2) is 6.73. The van der Waals surface area contributed by atoms with Crippen molar-refractivity contribution >= 4 is 15.9 Å². The molecule has 1 heterocycles. The van der Waals surface area contributed by atoms with Gasteiger partial charge in [0.15, 0.2) is 5.84 Å². The quantitative estimate of drug-likeness (QED) is 0.372. The van der Waals surface area contributed by atoms with Gasteiger partial charge in [-0.05, 0) is 41.8 Å². The Morgan fingerprint density at radius 1 is 1.20 bits per heavy atom. The molecule has 25 heavy (non-hydrogen) atoms. The van der Waals surface area contributed by atoms with Crippen LogP contribution in [0.3, 0.4) is 0 Å². The molecule has 7 nitrogen and oxygen atoms in total. The molecule has 0 saturated heterocycles. The van der Waals surface area contributed by atoms with Crippen molar-refractivity contribution < 1.29 is 18.4 Å². The van der Waals surface area contributed by atoms with Gasteiger partial charge in [0.25, 0.3) is 0 Å². The summed E-state index contributed by atoms with van der Waals surface area (Å²) >= 11 is 0. The number of hydrogen-bond acceptors (Lipinski definition) is 5. The number of oxime groups is 1. The van der Waals surface area contributed by atoms with Crippen LogP contribution in [0.4, 0.5) is 0 Å². The third-order valence-corrected chi connectivity index (χ3v) is 6.20. The first kappa shape index (κ1) is 17.2. The summed E-state index contributed by atoms with van der Waals surface area (Å²) < 4.78 is 32.6. The zero-order valence-electron chi connectivity index (χ0n) is 13.7. The van der Waals surface area contributed by atoms with E-state index in [4.69, 9.17) is 15.7 Å². The largest absolute Gasteiger partial charge is 0.497 e. The van der Waals surface area contributed by atoms with Crippen LogP contribution in [-0.2, 0) is 23.0 Å². The topological polar surface area (TPSA) is 105 Å². The maximum absolute atomic E-state index is 13.1. The Morgan fingerprint density at radius 3 is 2.44 bits per heavy atom. The number of nitrogens with two attached hydrogens (primary N) is 1. The van der Waals surface area contributed by atoms with E-state index in [1.165, 1.54) is 23.5 Å². The van der Waals surface area contributed by atoms with E-state index in [1.54, 1.807) is 12.1 Å². The Labute approximate surface area is 146 Å². The summed E-state index contributed by atoms with van der Waals surface area (Å²) in [4.78, 5) is 0.128. The average molecular weight is 361 g/mol. The number of rotatable bonds is 4. The minimum Gasteiger partial charge on any atom is -0.497 e. The lowest BCUT2D eigenvalue weighted by Gasteiger charge is -2.35. The maximum atomic E-state index is 13.1. The van der Waals surface area contributed by atoms with Crippen molar-refractivity contribution in [2.75, 3.05) is 7.11 Å². The monoisotopic (exact) mass is 361 g/mol. The van der Waals surface area contributed by atoms with E-state index in [0.717, 1.165) is 11.1 Å². The highest BCUT2D eigenvalue weighted by molar-refractivity contribution is 7.89. The second-order valence-electron chi connectivity index (χ2n) is 5.74. The smallest absolute Gasteiger partial charge is 0.244 e. The van der Waals surface area contributed by atoms with Crippen LogP contribution in [-0.4, -0.2) is 36.9 Å². The highest BCUT2D eigenvalue weighted by Gasteiger charge is 2.37. The van der Waals surface area contributed by atoms with Crippen LogP contribution in [0.1, 0.15) is 11.1 Å². The SMILES string of the molecule is COc1ccc(S(=O)(=O)N2Cc3ccccc3C[C@@H]2/C(N)=N/O)cc1. The zero-order valence-corrected chi connectivity index (χ0v) is 14.5. The van der Waals surface area contributed by atoms with E-state index in [2.05, 4.69) is 5.16 Å². The van der Waals surface area contributed by atoms with E-state index in [1.807, 2.05) is 24.3 Å². The van der Waals surface area contributed by atoms with Crippen molar-refractivity contribution in [3.8, 4) is 5.75 Å². The third kappa shape index (κ3) is 3.18. The molecule has 1 atom stereocenters. The number of amidine groups is 1. The number of ether oxygens (including phenoxy) is 1. The zero-order chi connectivity index (χ0) is 18.0. The molecule has 0 spiro atoms. The molecule has 3 N–H and O–H groups in total. The summed E-state index contributed by atoms with van der Waals surface area (Å²) in [5, 5.41) is 12.1. The molecule has 1 aliphatic heterocycles. The first-order valence-electron chi connectivity index (χ1n) is 7.67. The Kier molecular flexibility index (Phi) is 4.65. The van der Waals surface area contributed by atoms with Gasteiger partial charge >= 0.3 is 0 Å². The Morgan fingerprint density at radius 2 is 1.84 bits per heavy atom. The van der Waals surface area contributed by atoms with Gasteiger partial charge < -0.3 is 15.7 Å². The Bertz CT molecular complexity index is 894. The molecule has 0 saturated carbocycles. The fourth-order valence-electron chi connectivity index (χ4n) is 2.95. The third-order valence-electron chi connectivity index (χ3n) is 4.33. The first-order chi connectivity index (χ1) is 12.0. The van der Waals surface area contributed by atoms with Gasteiger partial charge in [0, 0.05) is 6.54 Å². The molecular formula is C17H19N3O4S. The minimum atomic E-state index is -3.83. The molecule has 2 aromatic rings. The summed E-state index contributed by atoms with van der Waals surface area (Å²) in [5.74, 6) is 0.433. The van der Waals surface area contributed by atoms with Gasteiger partial charge in [-0.3, -0.25) is 0 Å². The Hall–Kier alpha value is -2.58. The standard InChI is InChI=1S/C17H19N3O4S/c1-24-14-6-8-15(9-7-14)25(22,23)20-11-13-5-3-2-4-12(13)10-16(20)17(18)19-21/h2-9,16,21H,10-11H2,1H3,(H2,18,19)/t16-/m1/s1. The van der Waals surface area contributed by atoms with Crippen LogP contribution in [0.2, 0.25) is 0 Å². The van der Waals surface area contributed by atoms with Crippen molar-refractivity contribution in [2.45, 2.75) is 23.9 Å². The normalized spacial score (nSPS) is 18.6. The molecule has 0 amide bonds. The van der Waals surface area contributed by atoms with Crippen molar-refractivity contribution in [1.82, 2.24) is 4.31 Å². The highest BCUT2D eigenvalue weighted by Crippen LogP contribution is 2.29. The molecule has 3 rings (SSSR count). The molecule has 1 aliphatic rings. The number of hydrogen-bond donors (Lipinski definition) is 2. The first-order valence-corrected chi connectivity index (χ1v) is 9.11. The van der Waals surface area contributed by atoms with Crippen LogP contribution in [0.15, 0.2) is 58.6 Å². The van der Waals surface area contributed by atoms with E-state index in [-0.39, 0.29) is 17.3 Å². The fraction of sp³-hybridized carbons (Fsp3) is 0.235. The van der Waals surface area contributed by atoms with Crippen molar-refractivity contribution in [3.05, 3.63) is 59.7 Å². The molecule has 0 aromatic heterocycles. The molecule has 0 aliphatic carbocycles. The molecule has 0 bridgehead atoms. The van der Waals surface area contributed by atoms with Gasteiger partial charge in [0.05, 0.1) is 18.0 Å². The van der Waals surface area contributed by atoms with Crippen LogP contribution in [0.25, 0.3) is 0 Å². The minimum absolute atomic E-state index is 0.128. The van der Waals surface area contributed by atoms with Crippen LogP contribution < -0.4 is 10.5 Å². The number of nitrogens with zero attached hydrogens (tertiary/aromatic N) is 2. The predicted octanol–water partition coefficient (Wildman–Crippen LogP) is 1.56. The number of sulfonamides is 1. The highest BCUT2D eigenvalue weighted by atomic mass is 32.2.